The molecule has 2 rings (SSSR count). The molecule has 94 valence electrons. The maximum absolute atomic E-state index is 6.14. The van der Waals surface area contributed by atoms with Crippen molar-refractivity contribution in [2.75, 3.05) is 13.7 Å². The Balaban J connectivity index is 1.76. The van der Waals surface area contributed by atoms with Crippen molar-refractivity contribution >= 4 is 8.56 Å². The third-order valence-electron chi connectivity index (χ3n) is 4.14. The van der Waals surface area contributed by atoms with E-state index in [1.54, 1.807) is 7.11 Å². The smallest absolute Gasteiger partial charge is 0.337 e. The highest BCUT2D eigenvalue weighted by atomic mass is 28.4. The zero-order chi connectivity index (χ0) is 11.6. The predicted octanol–water partition coefficient (Wildman–Crippen LogP) is 2.70. The Morgan fingerprint density at radius 2 is 1.94 bits per heavy atom. The molecule has 1 aliphatic heterocycles. The van der Waals surface area contributed by atoms with Crippen LogP contribution in [0.5, 0.6) is 0 Å². The molecule has 0 radical (unpaired) electrons. The molecular weight excluding hydrogens is 220 g/mol. The molecule has 1 aliphatic carbocycles. The molecule has 0 aromatic heterocycles. The summed E-state index contributed by atoms with van der Waals surface area (Å²) in [5.74, 6) is 0.698. The van der Waals surface area contributed by atoms with Gasteiger partial charge in [-0.1, -0.05) is 13.8 Å². The van der Waals surface area contributed by atoms with Gasteiger partial charge in [0.1, 0.15) is 0 Å². The van der Waals surface area contributed by atoms with Crippen molar-refractivity contribution < 1.29 is 13.6 Å². The summed E-state index contributed by atoms with van der Waals surface area (Å²) in [7, 11) is -0.0449. The summed E-state index contributed by atoms with van der Waals surface area (Å²) in [6.07, 6.45) is 4.86. The number of hydrogen-bond acceptors (Lipinski definition) is 3. The van der Waals surface area contributed by atoms with Crippen LogP contribution in [0.4, 0.5) is 0 Å². The zero-order valence-electron chi connectivity index (χ0n) is 10.7. The lowest BCUT2D eigenvalue weighted by Crippen LogP contribution is -2.41. The van der Waals surface area contributed by atoms with Crippen molar-refractivity contribution in [3.05, 3.63) is 0 Å². The van der Waals surface area contributed by atoms with Gasteiger partial charge in [-0.25, -0.2) is 0 Å². The van der Waals surface area contributed by atoms with Crippen LogP contribution in [-0.2, 0) is 13.6 Å². The van der Waals surface area contributed by atoms with Gasteiger partial charge >= 0.3 is 8.56 Å². The van der Waals surface area contributed by atoms with E-state index in [1.165, 1.54) is 19.3 Å². The molecule has 2 fully saturated rings. The molecule has 1 saturated heterocycles. The number of rotatable bonds is 6. The molecule has 3 nitrogen and oxygen atoms in total. The summed E-state index contributed by atoms with van der Waals surface area (Å²) in [6, 6.07) is 2.10. The second kappa shape index (κ2) is 5.17. The number of fused-ring (bicyclic) bond motifs is 1. The maximum atomic E-state index is 6.14. The standard InChI is InChI=1S/C12H24O3Si/c1-4-16(5-2,13-3)14-9-10-6-7-11-12(8-10)15-11/h10-12H,4-9H2,1-3H3. The third-order valence-corrected chi connectivity index (χ3v) is 7.74. The van der Waals surface area contributed by atoms with Gasteiger partial charge < -0.3 is 13.6 Å². The maximum Gasteiger partial charge on any atom is 0.337 e. The van der Waals surface area contributed by atoms with Crippen molar-refractivity contribution in [3.63, 3.8) is 0 Å². The van der Waals surface area contributed by atoms with Gasteiger partial charge in [-0.3, -0.25) is 0 Å². The van der Waals surface area contributed by atoms with Crippen molar-refractivity contribution in [1.82, 2.24) is 0 Å². The summed E-state index contributed by atoms with van der Waals surface area (Å²) in [5.41, 5.74) is 0. The average Bonchev–Trinajstić information content (AvgIpc) is 3.10. The van der Waals surface area contributed by atoms with E-state index in [9.17, 15) is 0 Å². The number of hydrogen-bond donors (Lipinski definition) is 0. The molecule has 0 N–H and O–H groups in total. The van der Waals surface area contributed by atoms with Gasteiger partial charge in [-0.2, -0.15) is 0 Å². The highest BCUT2D eigenvalue weighted by Gasteiger charge is 2.44. The fourth-order valence-corrected chi connectivity index (χ4v) is 4.85. The van der Waals surface area contributed by atoms with Gasteiger partial charge in [-0.15, -0.1) is 0 Å². The lowest BCUT2D eigenvalue weighted by Gasteiger charge is -2.29. The summed E-state index contributed by atoms with van der Waals surface area (Å²) in [5, 5.41) is 0. The fraction of sp³-hybridized carbons (Fsp3) is 1.00. The van der Waals surface area contributed by atoms with Gasteiger partial charge in [0.15, 0.2) is 0 Å². The molecular formula is C12H24O3Si. The Bertz CT molecular complexity index is 222. The van der Waals surface area contributed by atoms with Gasteiger partial charge in [0, 0.05) is 13.7 Å². The molecule has 3 unspecified atom stereocenters. The van der Waals surface area contributed by atoms with Crippen LogP contribution < -0.4 is 0 Å². The van der Waals surface area contributed by atoms with Crippen LogP contribution >= 0.6 is 0 Å². The van der Waals surface area contributed by atoms with E-state index >= 15 is 0 Å². The molecule has 0 bridgehead atoms. The SMILES string of the molecule is CC[Si](CC)(OC)OCC1CCC2OC2C1. The van der Waals surface area contributed by atoms with Crippen molar-refractivity contribution in [3.8, 4) is 0 Å². The summed E-state index contributed by atoms with van der Waals surface area (Å²) >= 11 is 0. The van der Waals surface area contributed by atoms with Gasteiger partial charge in [-0.05, 0) is 37.3 Å². The Labute approximate surface area is 99.7 Å². The highest BCUT2D eigenvalue weighted by molar-refractivity contribution is 6.67. The van der Waals surface area contributed by atoms with Crippen molar-refractivity contribution in [2.24, 2.45) is 5.92 Å². The first kappa shape index (κ1) is 12.6. The number of ether oxygens (including phenoxy) is 1. The second-order valence-electron chi connectivity index (χ2n) is 5.02. The van der Waals surface area contributed by atoms with E-state index in [4.69, 9.17) is 13.6 Å². The molecule has 0 aromatic carbocycles. The van der Waals surface area contributed by atoms with Crippen molar-refractivity contribution in [1.29, 1.82) is 0 Å². The van der Waals surface area contributed by atoms with Crippen LogP contribution in [0, 0.1) is 5.92 Å². The molecule has 2 aliphatic rings. The average molecular weight is 244 g/mol. The molecule has 0 spiro atoms. The Kier molecular flexibility index (Phi) is 4.05. The van der Waals surface area contributed by atoms with Crippen LogP contribution in [0.2, 0.25) is 12.1 Å². The summed E-state index contributed by atoms with van der Waals surface area (Å²) in [4.78, 5) is 0. The molecule has 3 atom stereocenters. The Morgan fingerprint density at radius 1 is 1.19 bits per heavy atom. The van der Waals surface area contributed by atoms with E-state index in [0.29, 0.717) is 18.1 Å². The molecule has 1 heterocycles. The lowest BCUT2D eigenvalue weighted by atomic mass is 9.90. The molecule has 16 heavy (non-hydrogen) atoms. The second-order valence-corrected chi connectivity index (χ2v) is 8.96. The molecule has 0 aromatic rings. The molecule has 4 heteroatoms. The van der Waals surface area contributed by atoms with Crippen LogP contribution in [0.3, 0.4) is 0 Å². The first-order valence-electron chi connectivity index (χ1n) is 6.57. The van der Waals surface area contributed by atoms with Gasteiger partial charge in [0.25, 0.3) is 0 Å². The number of epoxide rings is 1. The molecule has 0 amide bonds. The minimum absolute atomic E-state index is 0.559. The largest absolute Gasteiger partial charge is 0.398 e. The Morgan fingerprint density at radius 3 is 2.50 bits per heavy atom. The van der Waals surface area contributed by atoms with Crippen LogP contribution in [0.1, 0.15) is 33.1 Å². The first-order chi connectivity index (χ1) is 7.73. The topological polar surface area (TPSA) is 31.0 Å². The first-order valence-corrected chi connectivity index (χ1v) is 8.80. The third kappa shape index (κ3) is 2.67. The van der Waals surface area contributed by atoms with E-state index in [1.807, 2.05) is 0 Å². The fourth-order valence-electron chi connectivity index (χ4n) is 2.71. The van der Waals surface area contributed by atoms with E-state index < -0.39 is 8.56 Å². The van der Waals surface area contributed by atoms with Crippen molar-refractivity contribution in [2.45, 2.75) is 57.4 Å². The van der Waals surface area contributed by atoms with E-state index in [-0.39, 0.29) is 0 Å². The quantitative estimate of drug-likeness (QED) is 0.532. The molecule has 1 saturated carbocycles. The normalized spacial score (nSPS) is 33.6. The monoisotopic (exact) mass is 244 g/mol. The minimum atomic E-state index is -1.85. The highest BCUT2D eigenvalue weighted by Crippen LogP contribution is 2.39. The van der Waals surface area contributed by atoms with Crippen LogP contribution in [-0.4, -0.2) is 34.5 Å². The Hall–Kier alpha value is 0.0969. The van der Waals surface area contributed by atoms with Gasteiger partial charge in [0.2, 0.25) is 0 Å². The van der Waals surface area contributed by atoms with E-state index in [2.05, 4.69) is 13.8 Å². The lowest BCUT2D eigenvalue weighted by molar-refractivity contribution is 0.152. The van der Waals surface area contributed by atoms with Crippen LogP contribution in [0.25, 0.3) is 0 Å². The summed E-state index contributed by atoms with van der Waals surface area (Å²) < 4.78 is 17.3. The van der Waals surface area contributed by atoms with E-state index in [0.717, 1.165) is 18.7 Å². The predicted molar refractivity (Wildman–Crippen MR) is 65.7 cm³/mol. The minimum Gasteiger partial charge on any atom is -0.398 e. The zero-order valence-corrected chi connectivity index (χ0v) is 11.7. The van der Waals surface area contributed by atoms with Crippen LogP contribution in [0.15, 0.2) is 0 Å². The summed E-state index contributed by atoms with van der Waals surface area (Å²) in [6.45, 7) is 5.24. The van der Waals surface area contributed by atoms with Gasteiger partial charge in [0.05, 0.1) is 12.2 Å².